The maximum absolute atomic E-state index is 12.7. The van der Waals surface area contributed by atoms with Crippen LogP contribution in [0.4, 0.5) is 16.2 Å². The van der Waals surface area contributed by atoms with Gasteiger partial charge in [-0.1, -0.05) is 25.5 Å². The van der Waals surface area contributed by atoms with Gasteiger partial charge in [-0.25, -0.2) is 4.79 Å². The van der Waals surface area contributed by atoms with Crippen molar-refractivity contribution in [1.82, 2.24) is 9.88 Å². The zero-order chi connectivity index (χ0) is 18.4. The molecule has 7 nitrogen and oxygen atoms in total. The number of benzene rings is 1. The van der Waals surface area contributed by atoms with E-state index >= 15 is 0 Å². The number of aryl methyl sites for hydroxylation is 1. The molecule has 132 valence electrons. The third kappa shape index (κ3) is 4.53. The lowest BCUT2D eigenvalue weighted by molar-refractivity contribution is -0.384. The smallest absolute Gasteiger partial charge is 0.319 e. The number of pyridine rings is 1. The summed E-state index contributed by atoms with van der Waals surface area (Å²) in [5.74, 6) is 0. The molecular weight excluding hydrogens is 320 g/mol. The number of rotatable bonds is 6. The van der Waals surface area contributed by atoms with Crippen LogP contribution >= 0.6 is 0 Å². The highest BCUT2D eigenvalue weighted by molar-refractivity contribution is 5.90. The van der Waals surface area contributed by atoms with Crippen LogP contribution in [0, 0.1) is 17.0 Å². The summed E-state index contributed by atoms with van der Waals surface area (Å²) in [4.78, 5) is 29.0. The first-order chi connectivity index (χ1) is 11.9. The zero-order valence-electron chi connectivity index (χ0n) is 14.6. The van der Waals surface area contributed by atoms with Gasteiger partial charge in [-0.15, -0.1) is 0 Å². The van der Waals surface area contributed by atoms with Gasteiger partial charge in [0.1, 0.15) is 0 Å². The van der Waals surface area contributed by atoms with Gasteiger partial charge in [0.25, 0.3) is 5.69 Å². The molecule has 2 amide bonds. The molecule has 0 aliphatic carbocycles. The first kappa shape index (κ1) is 18.4. The van der Waals surface area contributed by atoms with Crippen LogP contribution in [0.15, 0.2) is 42.6 Å². The van der Waals surface area contributed by atoms with E-state index in [1.54, 1.807) is 31.1 Å². The highest BCUT2D eigenvalue weighted by atomic mass is 16.6. The van der Waals surface area contributed by atoms with Gasteiger partial charge < -0.3 is 10.2 Å². The lowest BCUT2D eigenvalue weighted by Gasteiger charge is -2.28. The summed E-state index contributed by atoms with van der Waals surface area (Å²) in [7, 11) is 1.71. The Morgan fingerprint density at radius 1 is 1.36 bits per heavy atom. The summed E-state index contributed by atoms with van der Waals surface area (Å²) < 4.78 is 0. The third-order valence-electron chi connectivity index (χ3n) is 4.05. The van der Waals surface area contributed by atoms with Crippen LogP contribution in [0.3, 0.4) is 0 Å². The monoisotopic (exact) mass is 342 g/mol. The molecule has 0 bridgehead atoms. The van der Waals surface area contributed by atoms with E-state index in [-0.39, 0.29) is 17.8 Å². The number of nitrogens with one attached hydrogen (secondary N) is 1. The van der Waals surface area contributed by atoms with Crippen LogP contribution in [0.1, 0.15) is 37.1 Å². The molecule has 0 spiro atoms. The standard InChI is InChI=1S/C18H22N4O3/c1-4-7-17(15-8-5-6-11-19-15)21(3)18(23)20-16-12-14(22(24)25)10-9-13(16)2/h5-6,8-12,17H,4,7H2,1-3H3,(H,20,23)/t17-/m1/s1. The molecule has 0 saturated heterocycles. The van der Waals surface area contributed by atoms with E-state index < -0.39 is 4.92 Å². The molecule has 0 aliphatic heterocycles. The second kappa shape index (κ2) is 8.23. The van der Waals surface area contributed by atoms with Crippen molar-refractivity contribution in [3.63, 3.8) is 0 Å². The average molecular weight is 342 g/mol. The number of nitro groups is 1. The van der Waals surface area contributed by atoms with Crippen molar-refractivity contribution in [2.24, 2.45) is 0 Å². The predicted molar refractivity (Wildman–Crippen MR) is 96.5 cm³/mol. The maximum Gasteiger partial charge on any atom is 0.322 e. The van der Waals surface area contributed by atoms with Crippen molar-refractivity contribution >= 4 is 17.4 Å². The van der Waals surface area contributed by atoms with Crippen LogP contribution < -0.4 is 5.32 Å². The first-order valence-electron chi connectivity index (χ1n) is 8.13. The Morgan fingerprint density at radius 2 is 2.12 bits per heavy atom. The number of hydrogen-bond donors (Lipinski definition) is 1. The second-order valence-electron chi connectivity index (χ2n) is 5.86. The second-order valence-corrected chi connectivity index (χ2v) is 5.86. The van der Waals surface area contributed by atoms with E-state index in [1.165, 1.54) is 12.1 Å². The third-order valence-corrected chi connectivity index (χ3v) is 4.05. The van der Waals surface area contributed by atoms with Crippen molar-refractivity contribution in [2.75, 3.05) is 12.4 Å². The van der Waals surface area contributed by atoms with Gasteiger partial charge in [-0.3, -0.25) is 15.1 Å². The fourth-order valence-electron chi connectivity index (χ4n) is 2.59. The number of urea groups is 1. The number of anilines is 1. The van der Waals surface area contributed by atoms with Gasteiger partial charge in [0, 0.05) is 25.4 Å². The Balaban J connectivity index is 2.21. The first-order valence-corrected chi connectivity index (χ1v) is 8.13. The van der Waals surface area contributed by atoms with E-state index in [9.17, 15) is 14.9 Å². The number of aromatic nitrogens is 1. The molecule has 0 fully saturated rings. The van der Waals surface area contributed by atoms with Crippen molar-refractivity contribution in [3.8, 4) is 0 Å². The molecule has 1 heterocycles. The minimum atomic E-state index is -0.480. The number of non-ortho nitro benzene ring substituents is 1. The van der Waals surface area contributed by atoms with Gasteiger partial charge >= 0.3 is 6.03 Å². The minimum absolute atomic E-state index is 0.0570. The fraction of sp³-hybridized carbons (Fsp3) is 0.333. The fourth-order valence-corrected chi connectivity index (χ4v) is 2.59. The molecule has 0 saturated carbocycles. The number of carbonyl (C=O) groups is 1. The van der Waals surface area contributed by atoms with Crippen LogP contribution in [-0.4, -0.2) is 27.9 Å². The van der Waals surface area contributed by atoms with Crippen molar-refractivity contribution in [2.45, 2.75) is 32.7 Å². The molecule has 1 aromatic carbocycles. The quantitative estimate of drug-likeness (QED) is 0.626. The summed E-state index contributed by atoms with van der Waals surface area (Å²) in [5.41, 5.74) is 1.95. The zero-order valence-corrected chi connectivity index (χ0v) is 14.6. The van der Waals surface area contributed by atoms with E-state index in [1.807, 2.05) is 25.1 Å². The molecule has 1 N–H and O–H groups in total. The molecule has 2 aromatic rings. The van der Waals surface area contributed by atoms with Crippen molar-refractivity contribution < 1.29 is 9.72 Å². The van der Waals surface area contributed by atoms with Crippen molar-refractivity contribution in [1.29, 1.82) is 0 Å². The molecule has 2 rings (SSSR count). The summed E-state index contributed by atoms with van der Waals surface area (Å²) in [6.45, 7) is 3.84. The molecule has 0 unspecified atom stereocenters. The maximum atomic E-state index is 12.7. The number of amides is 2. The normalized spacial score (nSPS) is 11.6. The van der Waals surface area contributed by atoms with Crippen LogP contribution in [0.5, 0.6) is 0 Å². The Kier molecular flexibility index (Phi) is 6.05. The highest BCUT2D eigenvalue weighted by Crippen LogP contribution is 2.26. The van der Waals surface area contributed by atoms with Gasteiger partial charge in [0.2, 0.25) is 0 Å². The van der Waals surface area contributed by atoms with E-state index in [2.05, 4.69) is 10.3 Å². The Bertz CT molecular complexity index is 749. The lowest BCUT2D eigenvalue weighted by atomic mass is 10.1. The summed E-state index contributed by atoms with van der Waals surface area (Å²) in [6.07, 6.45) is 3.37. The summed E-state index contributed by atoms with van der Waals surface area (Å²) in [5, 5.41) is 13.7. The number of hydrogen-bond acceptors (Lipinski definition) is 4. The Hall–Kier alpha value is -2.96. The average Bonchev–Trinajstić information content (AvgIpc) is 2.61. The van der Waals surface area contributed by atoms with Gasteiger partial charge in [0.15, 0.2) is 0 Å². The number of carbonyl (C=O) groups excluding carboxylic acids is 1. The molecular formula is C18H22N4O3. The van der Waals surface area contributed by atoms with Gasteiger partial charge in [-0.2, -0.15) is 0 Å². The summed E-state index contributed by atoms with van der Waals surface area (Å²) >= 11 is 0. The van der Waals surface area contributed by atoms with Crippen LogP contribution in [0.25, 0.3) is 0 Å². The van der Waals surface area contributed by atoms with Crippen LogP contribution in [-0.2, 0) is 0 Å². The van der Waals surface area contributed by atoms with Crippen molar-refractivity contribution in [3.05, 3.63) is 64.0 Å². The largest absolute Gasteiger partial charge is 0.322 e. The topological polar surface area (TPSA) is 88.4 Å². The molecule has 0 radical (unpaired) electrons. The Morgan fingerprint density at radius 3 is 2.72 bits per heavy atom. The lowest BCUT2D eigenvalue weighted by Crippen LogP contribution is -2.35. The molecule has 7 heteroatoms. The number of nitrogens with zero attached hydrogens (tertiary/aromatic N) is 3. The SMILES string of the molecule is CCC[C@H](c1ccccn1)N(C)C(=O)Nc1cc([N+](=O)[O-])ccc1C. The van der Waals surface area contributed by atoms with Gasteiger partial charge in [-0.05, 0) is 31.0 Å². The summed E-state index contributed by atoms with van der Waals surface area (Å²) in [6, 6.07) is 9.54. The number of nitro benzene ring substituents is 1. The van der Waals surface area contributed by atoms with Crippen LogP contribution in [0.2, 0.25) is 0 Å². The van der Waals surface area contributed by atoms with E-state index in [0.29, 0.717) is 5.69 Å². The molecule has 25 heavy (non-hydrogen) atoms. The Labute approximate surface area is 146 Å². The molecule has 0 aliphatic rings. The van der Waals surface area contributed by atoms with E-state index in [0.717, 1.165) is 24.1 Å². The molecule has 1 aromatic heterocycles. The predicted octanol–water partition coefficient (Wildman–Crippen LogP) is 4.30. The highest BCUT2D eigenvalue weighted by Gasteiger charge is 2.23. The van der Waals surface area contributed by atoms with E-state index in [4.69, 9.17) is 0 Å². The van der Waals surface area contributed by atoms with Gasteiger partial charge in [0.05, 0.1) is 22.3 Å². The molecule has 1 atom stereocenters. The minimum Gasteiger partial charge on any atom is -0.319 e.